The van der Waals surface area contributed by atoms with E-state index < -0.39 is 0 Å². The molecule has 1 aromatic heterocycles. The Labute approximate surface area is 177 Å². The number of fused-ring (bicyclic) bond motifs is 3. The van der Waals surface area contributed by atoms with Gasteiger partial charge in [0.05, 0.1) is 20.3 Å². The van der Waals surface area contributed by atoms with Crippen molar-refractivity contribution in [3.8, 4) is 11.5 Å². The minimum absolute atomic E-state index is 0.563. The van der Waals surface area contributed by atoms with Crippen molar-refractivity contribution in [3.63, 3.8) is 0 Å². The van der Waals surface area contributed by atoms with E-state index in [1.807, 2.05) is 24.4 Å². The topological polar surface area (TPSA) is 47.1 Å². The molecule has 5 rings (SSSR count). The molecule has 1 fully saturated rings. The molecule has 156 valence electrons. The molecular weight excluding hydrogens is 378 g/mol. The lowest BCUT2D eigenvalue weighted by atomic mass is 10.0. The second-order valence-corrected chi connectivity index (χ2v) is 7.92. The smallest absolute Gasteiger partial charge is 0.152 e. The number of rotatable bonds is 5. The van der Waals surface area contributed by atoms with Crippen LogP contribution in [0.1, 0.15) is 16.7 Å². The van der Waals surface area contributed by atoms with Crippen molar-refractivity contribution in [2.75, 3.05) is 40.1 Å². The Morgan fingerprint density at radius 2 is 1.87 bits per heavy atom. The maximum absolute atomic E-state index is 6.22. The Kier molecular flexibility index (Phi) is 5.53. The third kappa shape index (κ3) is 3.99. The minimum Gasteiger partial charge on any atom is -0.497 e. The van der Waals surface area contributed by atoms with Crippen molar-refractivity contribution in [2.24, 2.45) is 0 Å². The second kappa shape index (κ2) is 8.60. The van der Waals surface area contributed by atoms with E-state index in [0.29, 0.717) is 6.73 Å². The summed E-state index contributed by atoms with van der Waals surface area (Å²) in [7, 11) is 1.69. The summed E-state index contributed by atoms with van der Waals surface area (Å²) >= 11 is 0. The van der Waals surface area contributed by atoms with E-state index in [0.717, 1.165) is 63.0 Å². The molecular formula is C24H27N3O3. The molecule has 6 heteroatoms. The Morgan fingerprint density at radius 1 is 1.03 bits per heavy atom. The van der Waals surface area contributed by atoms with E-state index in [-0.39, 0.29) is 0 Å². The highest BCUT2D eigenvalue weighted by atomic mass is 16.5. The molecule has 0 radical (unpaired) electrons. The van der Waals surface area contributed by atoms with Crippen molar-refractivity contribution in [1.29, 1.82) is 0 Å². The van der Waals surface area contributed by atoms with E-state index in [2.05, 4.69) is 39.0 Å². The predicted molar refractivity (Wildman–Crippen MR) is 116 cm³/mol. The molecule has 0 N–H and O–H groups in total. The molecule has 2 aliphatic heterocycles. The Hall–Kier alpha value is -2.67. The fraction of sp³-hybridized carbons (Fsp3) is 0.375. The molecule has 0 aliphatic carbocycles. The van der Waals surface area contributed by atoms with E-state index in [9.17, 15) is 0 Å². The predicted octanol–water partition coefficient (Wildman–Crippen LogP) is 3.43. The average Bonchev–Trinajstić information content (AvgIpc) is 2.80. The standard InChI is InChI=1S/C24H27N3O3/c1-28-21-6-4-18(5-7-21)14-27-16-20-13-19(15-26-9-11-29-12-10-26)22-3-2-8-25-23(22)24(20)30-17-27/h2-8,13H,9-12,14-17H2,1H3. The first kappa shape index (κ1) is 19.3. The van der Waals surface area contributed by atoms with E-state index >= 15 is 0 Å². The molecule has 3 heterocycles. The van der Waals surface area contributed by atoms with Gasteiger partial charge in [-0.1, -0.05) is 18.2 Å². The van der Waals surface area contributed by atoms with Gasteiger partial charge in [0.1, 0.15) is 18.0 Å². The van der Waals surface area contributed by atoms with Crippen LogP contribution in [-0.2, 0) is 24.4 Å². The summed E-state index contributed by atoms with van der Waals surface area (Å²) in [6, 6.07) is 14.7. The molecule has 1 saturated heterocycles. The van der Waals surface area contributed by atoms with Gasteiger partial charge >= 0.3 is 0 Å². The van der Waals surface area contributed by atoms with Crippen LogP contribution in [-0.4, -0.2) is 54.9 Å². The van der Waals surface area contributed by atoms with Gasteiger partial charge in [-0.15, -0.1) is 0 Å². The van der Waals surface area contributed by atoms with Gasteiger partial charge < -0.3 is 14.2 Å². The highest BCUT2D eigenvalue weighted by Gasteiger charge is 2.23. The summed E-state index contributed by atoms with van der Waals surface area (Å²) in [4.78, 5) is 9.45. The quantitative estimate of drug-likeness (QED) is 0.648. The van der Waals surface area contributed by atoms with Gasteiger partial charge in [-0.05, 0) is 35.4 Å². The van der Waals surface area contributed by atoms with Crippen LogP contribution in [0.3, 0.4) is 0 Å². The van der Waals surface area contributed by atoms with Crippen LogP contribution in [0, 0.1) is 0 Å². The van der Waals surface area contributed by atoms with Crippen LogP contribution in [0.15, 0.2) is 48.7 Å². The molecule has 3 aromatic rings. The summed E-state index contributed by atoms with van der Waals surface area (Å²) in [6.45, 7) is 6.72. The maximum atomic E-state index is 6.22. The number of hydrogen-bond donors (Lipinski definition) is 0. The number of nitrogens with zero attached hydrogens (tertiary/aromatic N) is 3. The SMILES string of the molecule is COc1ccc(CN2COc3c(cc(CN4CCOCC4)c4cccnc34)C2)cc1. The van der Waals surface area contributed by atoms with Crippen molar-refractivity contribution in [1.82, 2.24) is 14.8 Å². The van der Waals surface area contributed by atoms with Crippen molar-refractivity contribution >= 4 is 10.9 Å². The third-order valence-corrected chi connectivity index (χ3v) is 5.86. The van der Waals surface area contributed by atoms with Gasteiger partial charge in [-0.25, -0.2) is 0 Å². The van der Waals surface area contributed by atoms with Crippen LogP contribution in [0.4, 0.5) is 0 Å². The largest absolute Gasteiger partial charge is 0.497 e. The van der Waals surface area contributed by atoms with E-state index in [1.165, 1.54) is 22.1 Å². The molecule has 0 bridgehead atoms. The lowest BCUT2D eigenvalue weighted by molar-refractivity contribution is 0.0343. The average molecular weight is 405 g/mol. The van der Waals surface area contributed by atoms with Crippen molar-refractivity contribution < 1.29 is 14.2 Å². The number of ether oxygens (including phenoxy) is 3. The van der Waals surface area contributed by atoms with Gasteiger partial charge in [0.15, 0.2) is 5.75 Å². The number of hydrogen-bond acceptors (Lipinski definition) is 6. The normalized spacial score (nSPS) is 17.5. The fourth-order valence-corrected chi connectivity index (χ4v) is 4.29. The van der Waals surface area contributed by atoms with E-state index in [4.69, 9.17) is 14.2 Å². The summed E-state index contributed by atoms with van der Waals surface area (Å²) in [5.74, 6) is 1.81. The van der Waals surface area contributed by atoms with Crippen molar-refractivity contribution in [3.05, 3.63) is 65.4 Å². The molecule has 2 aliphatic rings. The summed E-state index contributed by atoms with van der Waals surface area (Å²) < 4.78 is 17.0. The highest BCUT2D eigenvalue weighted by Crippen LogP contribution is 2.35. The number of pyridine rings is 1. The van der Waals surface area contributed by atoms with Crippen LogP contribution in [0.2, 0.25) is 0 Å². The molecule has 0 spiro atoms. The number of methoxy groups -OCH3 is 1. The number of benzene rings is 2. The molecule has 6 nitrogen and oxygen atoms in total. The van der Waals surface area contributed by atoms with E-state index in [1.54, 1.807) is 7.11 Å². The summed E-state index contributed by atoms with van der Waals surface area (Å²) in [5, 5.41) is 1.19. The Bertz CT molecular complexity index is 1020. The van der Waals surface area contributed by atoms with Crippen LogP contribution >= 0.6 is 0 Å². The second-order valence-electron chi connectivity index (χ2n) is 7.92. The Morgan fingerprint density at radius 3 is 2.67 bits per heavy atom. The first-order valence-electron chi connectivity index (χ1n) is 10.5. The first-order chi connectivity index (χ1) is 14.8. The number of morpholine rings is 1. The lowest BCUT2D eigenvalue weighted by Gasteiger charge is -2.31. The first-order valence-corrected chi connectivity index (χ1v) is 10.5. The maximum Gasteiger partial charge on any atom is 0.152 e. The molecule has 30 heavy (non-hydrogen) atoms. The van der Waals surface area contributed by atoms with Gasteiger partial charge in [0.2, 0.25) is 0 Å². The van der Waals surface area contributed by atoms with Crippen molar-refractivity contribution in [2.45, 2.75) is 19.6 Å². The fourth-order valence-electron chi connectivity index (χ4n) is 4.29. The lowest BCUT2D eigenvalue weighted by Crippen LogP contribution is -2.36. The monoisotopic (exact) mass is 405 g/mol. The summed E-state index contributed by atoms with van der Waals surface area (Å²) in [5.41, 5.74) is 4.75. The third-order valence-electron chi connectivity index (χ3n) is 5.86. The molecule has 0 atom stereocenters. The van der Waals surface area contributed by atoms with Gasteiger partial charge in [-0.2, -0.15) is 0 Å². The van der Waals surface area contributed by atoms with Gasteiger partial charge in [-0.3, -0.25) is 14.8 Å². The minimum atomic E-state index is 0.563. The van der Waals surface area contributed by atoms with Crippen LogP contribution in [0.25, 0.3) is 10.9 Å². The summed E-state index contributed by atoms with van der Waals surface area (Å²) in [6.07, 6.45) is 1.86. The zero-order valence-electron chi connectivity index (χ0n) is 17.3. The zero-order valence-corrected chi connectivity index (χ0v) is 17.3. The van der Waals surface area contributed by atoms with Crippen LogP contribution < -0.4 is 9.47 Å². The van der Waals surface area contributed by atoms with Gasteiger partial charge in [0, 0.05) is 49.9 Å². The Balaban J connectivity index is 1.41. The van der Waals surface area contributed by atoms with Crippen LogP contribution in [0.5, 0.6) is 11.5 Å². The number of aromatic nitrogens is 1. The molecule has 0 unspecified atom stereocenters. The zero-order chi connectivity index (χ0) is 20.3. The highest BCUT2D eigenvalue weighted by molar-refractivity contribution is 5.89. The molecule has 2 aromatic carbocycles. The molecule has 0 amide bonds. The van der Waals surface area contributed by atoms with Gasteiger partial charge in [0.25, 0.3) is 0 Å². The molecule has 0 saturated carbocycles.